The van der Waals surface area contributed by atoms with Crippen LogP contribution in [-0.4, -0.2) is 12.5 Å². The Bertz CT molecular complexity index is 424. The third kappa shape index (κ3) is 2.28. The Morgan fingerprint density at radius 2 is 2.06 bits per heavy atom. The quantitative estimate of drug-likeness (QED) is 0.811. The zero-order valence-electron chi connectivity index (χ0n) is 10.6. The Labute approximate surface area is 103 Å². The monoisotopic (exact) mass is 232 g/mol. The molecule has 0 unspecified atom stereocenters. The van der Waals surface area contributed by atoms with E-state index >= 15 is 0 Å². The van der Waals surface area contributed by atoms with Crippen molar-refractivity contribution in [3.63, 3.8) is 0 Å². The van der Waals surface area contributed by atoms with E-state index in [2.05, 4.69) is 13.8 Å². The largest absolute Gasteiger partial charge is 0.399 e. The summed E-state index contributed by atoms with van der Waals surface area (Å²) in [4.78, 5) is 13.9. The van der Waals surface area contributed by atoms with Gasteiger partial charge in [0.05, 0.1) is 6.42 Å². The van der Waals surface area contributed by atoms with Crippen LogP contribution in [0, 0.1) is 5.92 Å². The number of nitrogens with zero attached hydrogens (tertiary/aromatic N) is 1. The number of nitrogens with two attached hydrogens (primary N) is 1. The van der Waals surface area contributed by atoms with Crippen molar-refractivity contribution in [2.24, 2.45) is 5.92 Å². The van der Waals surface area contributed by atoms with Gasteiger partial charge in [0.2, 0.25) is 5.91 Å². The highest BCUT2D eigenvalue weighted by Gasteiger charge is 2.28. The first-order chi connectivity index (χ1) is 8.15. The normalized spacial score (nSPS) is 14.5. The predicted octanol–water partition coefficient (Wildman–Crippen LogP) is 2.59. The summed E-state index contributed by atoms with van der Waals surface area (Å²) in [5.41, 5.74) is 8.60. The number of hydrogen-bond donors (Lipinski definition) is 1. The van der Waals surface area contributed by atoms with Gasteiger partial charge in [0.15, 0.2) is 0 Å². The fraction of sp³-hybridized carbons (Fsp3) is 0.500. The van der Waals surface area contributed by atoms with Gasteiger partial charge in [-0.2, -0.15) is 0 Å². The van der Waals surface area contributed by atoms with E-state index in [9.17, 15) is 4.79 Å². The lowest BCUT2D eigenvalue weighted by atomic mass is 10.0. The molecule has 1 heterocycles. The van der Waals surface area contributed by atoms with Gasteiger partial charge in [0, 0.05) is 17.9 Å². The molecule has 0 saturated carbocycles. The molecule has 0 saturated heterocycles. The Kier molecular flexibility index (Phi) is 3.36. The number of amides is 1. The standard InChI is InChI=1S/C14H20N2O/c1-3-10(4-2)9-16-13-6-5-12(15)7-11(13)8-14(16)17/h5-7,10H,3-4,8-9,15H2,1-2H3. The number of nitrogen functional groups attached to an aromatic ring is 1. The van der Waals surface area contributed by atoms with Gasteiger partial charge in [-0.3, -0.25) is 4.79 Å². The number of anilines is 2. The Hall–Kier alpha value is -1.51. The zero-order valence-corrected chi connectivity index (χ0v) is 10.6. The van der Waals surface area contributed by atoms with Crippen molar-refractivity contribution >= 4 is 17.3 Å². The summed E-state index contributed by atoms with van der Waals surface area (Å²) >= 11 is 0. The highest BCUT2D eigenvalue weighted by Crippen LogP contribution is 2.31. The van der Waals surface area contributed by atoms with E-state index in [0.29, 0.717) is 12.3 Å². The molecule has 1 amide bonds. The van der Waals surface area contributed by atoms with Crippen LogP contribution in [0.1, 0.15) is 32.3 Å². The SMILES string of the molecule is CCC(CC)CN1C(=O)Cc2cc(N)ccc21. The van der Waals surface area contributed by atoms with Crippen LogP contribution in [0.5, 0.6) is 0 Å². The topological polar surface area (TPSA) is 46.3 Å². The minimum atomic E-state index is 0.206. The molecule has 2 N–H and O–H groups in total. The van der Waals surface area contributed by atoms with E-state index in [1.165, 1.54) is 0 Å². The van der Waals surface area contributed by atoms with Gasteiger partial charge in [0.25, 0.3) is 0 Å². The van der Waals surface area contributed by atoms with Crippen LogP contribution >= 0.6 is 0 Å². The number of rotatable bonds is 4. The second-order valence-electron chi connectivity index (χ2n) is 4.75. The van der Waals surface area contributed by atoms with Crippen molar-refractivity contribution in [1.82, 2.24) is 0 Å². The summed E-state index contributed by atoms with van der Waals surface area (Å²) in [6, 6.07) is 5.76. The fourth-order valence-electron chi connectivity index (χ4n) is 2.41. The minimum Gasteiger partial charge on any atom is -0.399 e. The maximum Gasteiger partial charge on any atom is 0.231 e. The Morgan fingerprint density at radius 1 is 1.35 bits per heavy atom. The molecule has 0 radical (unpaired) electrons. The lowest BCUT2D eigenvalue weighted by Gasteiger charge is -2.22. The summed E-state index contributed by atoms with van der Waals surface area (Å²) in [5, 5.41) is 0. The van der Waals surface area contributed by atoms with E-state index in [1.54, 1.807) is 0 Å². The highest BCUT2D eigenvalue weighted by atomic mass is 16.2. The van der Waals surface area contributed by atoms with E-state index in [0.717, 1.165) is 36.3 Å². The van der Waals surface area contributed by atoms with Crippen molar-refractivity contribution in [2.45, 2.75) is 33.1 Å². The molecule has 1 aromatic rings. The van der Waals surface area contributed by atoms with Crippen LogP contribution in [-0.2, 0) is 11.2 Å². The van der Waals surface area contributed by atoms with Gasteiger partial charge in [-0.15, -0.1) is 0 Å². The lowest BCUT2D eigenvalue weighted by molar-refractivity contribution is -0.117. The molecule has 0 aliphatic carbocycles. The lowest BCUT2D eigenvalue weighted by Crippen LogP contribution is -2.31. The van der Waals surface area contributed by atoms with Crippen molar-refractivity contribution in [3.05, 3.63) is 23.8 Å². The second-order valence-corrected chi connectivity index (χ2v) is 4.75. The molecule has 1 aromatic carbocycles. The van der Waals surface area contributed by atoms with Crippen molar-refractivity contribution in [2.75, 3.05) is 17.2 Å². The van der Waals surface area contributed by atoms with Crippen molar-refractivity contribution < 1.29 is 4.79 Å². The van der Waals surface area contributed by atoms with Crippen LogP contribution < -0.4 is 10.6 Å². The smallest absolute Gasteiger partial charge is 0.231 e. The molecule has 1 aliphatic rings. The fourth-order valence-corrected chi connectivity index (χ4v) is 2.41. The third-order valence-corrected chi connectivity index (χ3v) is 3.63. The molecular weight excluding hydrogens is 212 g/mol. The van der Waals surface area contributed by atoms with Gasteiger partial charge >= 0.3 is 0 Å². The molecule has 92 valence electrons. The van der Waals surface area contributed by atoms with Gasteiger partial charge in [-0.05, 0) is 29.7 Å². The third-order valence-electron chi connectivity index (χ3n) is 3.63. The molecule has 0 bridgehead atoms. The maximum atomic E-state index is 12.0. The van der Waals surface area contributed by atoms with E-state index in [1.807, 2.05) is 23.1 Å². The first-order valence-electron chi connectivity index (χ1n) is 6.34. The maximum absolute atomic E-state index is 12.0. The first kappa shape index (κ1) is 12.0. The molecular formula is C14H20N2O. The van der Waals surface area contributed by atoms with Crippen molar-refractivity contribution in [3.8, 4) is 0 Å². The van der Waals surface area contributed by atoms with Gasteiger partial charge in [-0.25, -0.2) is 0 Å². The molecule has 1 aliphatic heterocycles. The Balaban J connectivity index is 2.22. The average molecular weight is 232 g/mol. The summed E-state index contributed by atoms with van der Waals surface area (Å²) < 4.78 is 0. The summed E-state index contributed by atoms with van der Waals surface area (Å²) in [7, 11) is 0. The first-order valence-corrected chi connectivity index (χ1v) is 6.34. The molecule has 17 heavy (non-hydrogen) atoms. The predicted molar refractivity (Wildman–Crippen MR) is 71.0 cm³/mol. The van der Waals surface area contributed by atoms with Gasteiger partial charge < -0.3 is 10.6 Å². The van der Waals surface area contributed by atoms with Crippen LogP contribution in [0.4, 0.5) is 11.4 Å². The van der Waals surface area contributed by atoms with Gasteiger partial charge in [0.1, 0.15) is 0 Å². The molecule has 0 spiro atoms. The molecule has 0 atom stereocenters. The average Bonchev–Trinajstić information content (AvgIpc) is 2.61. The number of benzene rings is 1. The summed E-state index contributed by atoms with van der Waals surface area (Å²) in [6.07, 6.45) is 2.73. The zero-order chi connectivity index (χ0) is 12.4. The van der Waals surface area contributed by atoms with E-state index in [-0.39, 0.29) is 5.91 Å². The molecule has 3 nitrogen and oxygen atoms in total. The molecule has 2 rings (SSSR count). The molecule has 0 aromatic heterocycles. The van der Waals surface area contributed by atoms with E-state index < -0.39 is 0 Å². The number of carbonyl (C=O) groups is 1. The molecule has 0 fully saturated rings. The summed E-state index contributed by atoms with van der Waals surface area (Å²) in [6.45, 7) is 5.19. The van der Waals surface area contributed by atoms with Crippen LogP contribution in [0.25, 0.3) is 0 Å². The minimum absolute atomic E-state index is 0.206. The number of carbonyl (C=O) groups excluding carboxylic acids is 1. The van der Waals surface area contributed by atoms with Crippen LogP contribution in [0.15, 0.2) is 18.2 Å². The van der Waals surface area contributed by atoms with E-state index in [4.69, 9.17) is 5.73 Å². The van der Waals surface area contributed by atoms with Crippen molar-refractivity contribution in [1.29, 1.82) is 0 Å². The second kappa shape index (κ2) is 4.78. The number of fused-ring (bicyclic) bond motifs is 1. The highest BCUT2D eigenvalue weighted by molar-refractivity contribution is 6.01. The Morgan fingerprint density at radius 3 is 2.71 bits per heavy atom. The van der Waals surface area contributed by atoms with Gasteiger partial charge in [-0.1, -0.05) is 26.7 Å². The van der Waals surface area contributed by atoms with Crippen LogP contribution in [0.2, 0.25) is 0 Å². The summed E-state index contributed by atoms with van der Waals surface area (Å²) in [5.74, 6) is 0.792. The number of hydrogen-bond acceptors (Lipinski definition) is 2. The van der Waals surface area contributed by atoms with Crippen LogP contribution in [0.3, 0.4) is 0 Å². The molecule has 3 heteroatoms.